The van der Waals surface area contributed by atoms with Gasteiger partial charge in [0.15, 0.2) is 11.5 Å². The number of hydrogen-bond donors (Lipinski definition) is 1. The molecule has 0 aliphatic carbocycles. The summed E-state index contributed by atoms with van der Waals surface area (Å²) in [6, 6.07) is 7.16. The van der Waals surface area contributed by atoms with E-state index < -0.39 is 0 Å². The van der Waals surface area contributed by atoms with Crippen LogP contribution in [-0.4, -0.2) is 12.1 Å². The summed E-state index contributed by atoms with van der Waals surface area (Å²) in [5.74, 6) is 1.70. The molecular formula is C13H13BrN2O2. The van der Waals surface area contributed by atoms with E-state index in [0.717, 1.165) is 10.0 Å². The number of nitrogens with two attached hydrogens (primary N) is 1. The second-order valence-corrected chi connectivity index (χ2v) is 4.70. The van der Waals surface area contributed by atoms with Crippen molar-refractivity contribution in [3.8, 4) is 17.4 Å². The summed E-state index contributed by atoms with van der Waals surface area (Å²) in [4.78, 5) is 4.21. The number of pyridine rings is 1. The van der Waals surface area contributed by atoms with E-state index in [4.69, 9.17) is 15.2 Å². The maximum atomic E-state index is 5.73. The van der Waals surface area contributed by atoms with Crippen LogP contribution in [0.4, 0.5) is 5.69 Å². The summed E-state index contributed by atoms with van der Waals surface area (Å²) in [5.41, 5.74) is 7.27. The van der Waals surface area contributed by atoms with Crippen molar-refractivity contribution < 1.29 is 9.47 Å². The molecule has 2 aromatic rings. The minimum Gasteiger partial charge on any atom is -0.493 e. The predicted octanol–water partition coefficient (Wildman–Crippen LogP) is 3.54. The number of nitrogens with zero attached hydrogens (tertiary/aromatic N) is 1. The molecule has 4 nitrogen and oxygen atoms in total. The van der Waals surface area contributed by atoms with Gasteiger partial charge >= 0.3 is 0 Å². The topological polar surface area (TPSA) is 57.4 Å². The van der Waals surface area contributed by atoms with Gasteiger partial charge in [-0.1, -0.05) is 0 Å². The molecule has 0 spiro atoms. The molecule has 0 aliphatic rings. The largest absolute Gasteiger partial charge is 0.493 e. The summed E-state index contributed by atoms with van der Waals surface area (Å²) in [6.07, 6.45) is 1.68. The van der Waals surface area contributed by atoms with E-state index in [9.17, 15) is 0 Å². The van der Waals surface area contributed by atoms with Crippen LogP contribution < -0.4 is 15.2 Å². The molecule has 18 heavy (non-hydrogen) atoms. The van der Waals surface area contributed by atoms with Crippen molar-refractivity contribution >= 4 is 21.6 Å². The lowest BCUT2D eigenvalue weighted by Gasteiger charge is -2.11. The van der Waals surface area contributed by atoms with E-state index in [1.54, 1.807) is 31.5 Å². The number of hydrogen-bond acceptors (Lipinski definition) is 4. The number of halogens is 1. The van der Waals surface area contributed by atoms with E-state index in [1.807, 2.05) is 13.0 Å². The second-order valence-electron chi connectivity index (χ2n) is 3.79. The Morgan fingerprint density at radius 3 is 2.67 bits per heavy atom. The summed E-state index contributed by atoms with van der Waals surface area (Å²) < 4.78 is 11.9. The Bertz CT molecular complexity index is 573. The molecule has 0 amide bonds. The van der Waals surface area contributed by atoms with Crippen LogP contribution in [0.25, 0.3) is 0 Å². The van der Waals surface area contributed by atoms with E-state index >= 15 is 0 Å². The smallest absolute Gasteiger partial charge is 0.222 e. The van der Waals surface area contributed by atoms with Crippen molar-refractivity contribution in [1.29, 1.82) is 0 Å². The minimum atomic E-state index is 0.530. The third kappa shape index (κ3) is 2.73. The maximum absolute atomic E-state index is 5.73. The summed E-state index contributed by atoms with van der Waals surface area (Å²) in [6.45, 7) is 1.92. The van der Waals surface area contributed by atoms with Crippen LogP contribution in [0.15, 0.2) is 34.9 Å². The van der Waals surface area contributed by atoms with E-state index in [0.29, 0.717) is 23.1 Å². The molecule has 0 saturated heterocycles. The molecule has 0 aliphatic heterocycles. The Hall–Kier alpha value is -1.75. The summed E-state index contributed by atoms with van der Waals surface area (Å²) in [5, 5.41) is 0. The van der Waals surface area contributed by atoms with Crippen LogP contribution in [0.2, 0.25) is 0 Å². The first-order valence-electron chi connectivity index (χ1n) is 5.33. The molecule has 1 aromatic carbocycles. The Balaban J connectivity index is 2.36. The lowest BCUT2D eigenvalue weighted by molar-refractivity contribution is 0.373. The first-order chi connectivity index (χ1) is 8.60. The van der Waals surface area contributed by atoms with Crippen molar-refractivity contribution in [3.63, 3.8) is 0 Å². The van der Waals surface area contributed by atoms with Gasteiger partial charge in [-0.25, -0.2) is 4.98 Å². The van der Waals surface area contributed by atoms with Crippen LogP contribution in [0.5, 0.6) is 17.4 Å². The fraction of sp³-hybridized carbons (Fsp3) is 0.154. The number of rotatable bonds is 3. The van der Waals surface area contributed by atoms with Crippen molar-refractivity contribution in [2.75, 3.05) is 12.8 Å². The van der Waals surface area contributed by atoms with Gasteiger partial charge in [0.2, 0.25) is 5.88 Å². The number of anilines is 1. The Morgan fingerprint density at radius 1 is 1.22 bits per heavy atom. The summed E-state index contributed by atoms with van der Waals surface area (Å²) in [7, 11) is 1.58. The van der Waals surface area contributed by atoms with Gasteiger partial charge in [0.25, 0.3) is 0 Å². The van der Waals surface area contributed by atoms with Gasteiger partial charge in [-0.15, -0.1) is 0 Å². The zero-order valence-electron chi connectivity index (χ0n) is 10.1. The Kier molecular flexibility index (Phi) is 3.72. The van der Waals surface area contributed by atoms with Gasteiger partial charge in [-0.3, -0.25) is 0 Å². The number of aromatic nitrogens is 1. The molecule has 5 heteroatoms. The van der Waals surface area contributed by atoms with Crippen LogP contribution in [0.3, 0.4) is 0 Å². The molecule has 0 radical (unpaired) electrons. The molecule has 0 atom stereocenters. The number of nitrogen functional groups attached to an aromatic ring is 1. The normalized spacial score (nSPS) is 10.2. The Labute approximate surface area is 114 Å². The average molecular weight is 309 g/mol. The number of methoxy groups -OCH3 is 1. The standard InChI is InChI=1S/C13H13BrN2O2/c1-8-5-9(14)7-16-13(8)18-12-6-10(15)3-4-11(12)17-2/h3-7H,15H2,1-2H3. The molecular weight excluding hydrogens is 296 g/mol. The van der Waals surface area contributed by atoms with Crippen molar-refractivity contribution in [1.82, 2.24) is 4.98 Å². The molecule has 2 rings (SSSR count). The zero-order valence-corrected chi connectivity index (χ0v) is 11.7. The highest BCUT2D eigenvalue weighted by atomic mass is 79.9. The fourth-order valence-electron chi connectivity index (χ4n) is 1.51. The molecule has 94 valence electrons. The zero-order chi connectivity index (χ0) is 13.1. The van der Waals surface area contributed by atoms with Gasteiger partial charge in [0, 0.05) is 28.0 Å². The first kappa shape index (κ1) is 12.7. The predicted molar refractivity (Wildman–Crippen MR) is 74.2 cm³/mol. The molecule has 0 unspecified atom stereocenters. The van der Waals surface area contributed by atoms with E-state index in [1.165, 1.54) is 0 Å². The van der Waals surface area contributed by atoms with Crippen molar-refractivity contribution in [2.24, 2.45) is 0 Å². The maximum Gasteiger partial charge on any atom is 0.222 e. The number of benzene rings is 1. The van der Waals surface area contributed by atoms with Crippen LogP contribution in [0, 0.1) is 6.92 Å². The quantitative estimate of drug-likeness (QED) is 0.881. The lowest BCUT2D eigenvalue weighted by Crippen LogP contribution is -1.95. The first-order valence-corrected chi connectivity index (χ1v) is 6.13. The SMILES string of the molecule is COc1ccc(N)cc1Oc1ncc(Br)cc1C. The third-order valence-corrected chi connectivity index (χ3v) is 2.82. The monoisotopic (exact) mass is 308 g/mol. The molecule has 2 N–H and O–H groups in total. The number of ether oxygens (including phenoxy) is 2. The van der Waals surface area contributed by atoms with E-state index in [2.05, 4.69) is 20.9 Å². The van der Waals surface area contributed by atoms with E-state index in [-0.39, 0.29) is 0 Å². The van der Waals surface area contributed by atoms with Crippen molar-refractivity contribution in [3.05, 3.63) is 40.5 Å². The van der Waals surface area contributed by atoms with Gasteiger partial charge in [-0.2, -0.15) is 0 Å². The molecule has 1 heterocycles. The minimum absolute atomic E-state index is 0.530. The third-order valence-electron chi connectivity index (χ3n) is 2.39. The van der Waals surface area contributed by atoms with Crippen LogP contribution >= 0.6 is 15.9 Å². The molecule has 1 aromatic heterocycles. The van der Waals surface area contributed by atoms with Gasteiger partial charge in [0.1, 0.15) is 0 Å². The number of aryl methyl sites for hydroxylation is 1. The molecule has 0 bridgehead atoms. The van der Waals surface area contributed by atoms with Crippen molar-refractivity contribution in [2.45, 2.75) is 6.92 Å². The van der Waals surface area contributed by atoms with Crippen LogP contribution in [-0.2, 0) is 0 Å². The molecule has 0 fully saturated rings. The highest BCUT2D eigenvalue weighted by Gasteiger charge is 2.09. The van der Waals surface area contributed by atoms with Crippen LogP contribution in [0.1, 0.15) is 5.56 Å². The Morgan fingerprint density at radius 2 is 2.00 bits per heavy atom. The highest BCUT2D eigenvalue weighted by Crippen LogP contribution is 2.33. The second kappa shape index (κ2) is 5.27. The van der Waals surface area contributed by atoms with Gasteiger partial charge in [-0.05, 0) is 41.1 Å². The fourth-order valence-corrected chi connectivity index (χ4v) is 1.96. The highest BCUT2D eigenvalue weighted by molar-refractivity contribution is 9.10. The van der Waals surface area contributed by atoms with Gasteiger partial charge < -0.3 is 15.2 Å². The van der Waals surface area contributed by atoms with Gasteiger partial charge in [0.05, 0.1) is 7.11 Å². The lowest BCUT2D eigenvalue weighted by atomic mass is 10.2. The average Bonchev–Trinajstić information content (AvgIpc) is 2.33. The summed E-state index contributed by atoms with van der Waals surface area (Å²) >= 11 is 3.36. The molecule has 0 saturated carbocycles.